The Morgan fingerprint density at radius 1 is 0.839 bits per heavy atom. The van der Waals surface area contributed by atoms with Crippen LogP contribution in [0, 0.1) is 5.82 Å². The standard InChI is InChI=1S/C27H27F3O/c1-3-19-9-13-21(14-10-19)22-15-11-20(12-16-22)7-5-6-8-23-17-18-24(31-4-2)26(28)25(23)27(29)30/h6,8-18,27H,3-5,7H2,1-2H3/b8-6+. The minimum atomic E-state index is -2.90. The summed E-state index contributed by atoms with van der Waals surface area (Å²) in [7, 11) is 0. The van der Waals surface area contributed by atoms with Gasteiger partial charge in [0, 0.05) is 0 Å². The lowest BCUT2D eigenvalue weighted by molar-refractivity contribution is 0.144. The molecule has 31 heavy (non-hydrogen) atoms. The van der Waals surface area contributed by atoms with Crippen molar-refractivity contribution in [3.63, 3.8) is 0 Å². The topological polar surface area (TPSA) is 9.23 Å². The lowest BCUT2D eigenvalue weighted by atomic mass is 10.0. The highest BCUT2D eigenvalue weighted by atomic mass is 19.3. The smallest absolute Gasteiger partial charge is 0.267 e. The van der Waals surface area contributed by atoms with E-state index >= 15 is 0 Å². The summed E-state index contributed by atoms with van der Waals surface area (Å²) in [6.07, 6.45) is 2.92. The van der Waals surface area contributed by atoms with E-state index in [1.807, 2.05) is 0 Å². The van der Waals surface area contributed by atoms with Gasteiger partial charge in [0.2, 0.25) is 0 Å². The van der Waals surface area contributed by atoms with Gasteiger partial charge in [-0.3, -0.25) is 0 Å². The fourth-order valence-corrected chi connectivity index (χ4v) is 3.48. The Morgan fingerprint density at radius 2 is 1.45 bits per heavy atom. The second kappa shape index (κ2) is 10.9. The third-order valence-corrected chi connectivity index (χ3v) is 5.24. The van der Waals surface area contributed by atoms with Crippen LogP contribution in [0.25, 0.3) is 17.2 Å². The van der Waals surface area contributed by atoms with Gasteiger partial charge < -0.3 is 4.74 Å². The molecule has 0 atom stereocenters. The van der Waals surface area contributed by atoms with Gasteiger partial charge in [-0.05, 0) is 60.1 Å². The van der Waals surface area contributed by atoms with Crippen molar-refractivity contribution in [2.24, 2.45) is 0 Å². The van der Waals surface area contributed by atoms with Crippen molar-refractivity contribution in [1.29, 1.82) is 0 Å². The van der Waals surface area contributed by atoms with Gasteiger partial charge in [-0.1, -0.05) is 73.7 Å². The quantitative estimate of drug-likeness (QED) is 0.338. The summed E-state index contributed by atoms with van der Waals surface area (Å²) in [6.45, 7) is 4.04. The number of ether oxygens (including phenoxy) is 1. The Balaban J connectivity index is 1.64. The maximum Gasteiger partial charge on any atom is 0.267 e. The van der Waals surface area contributed by atoms with Crippen LogP contribution >= 0.6 is 0 Å². The minimum absolute atomic E-state index is 0.139. The van der Waals surface area contributed by atoms with Crippen molar-refractivity contribution in [3.05, 3.63) is 94.8 Å². The average Bonchev–Trinajstić information content (AvgIpc) is 2.79. The van der Waals surface area contributed by atoms with Crippen LogP contribution in [0.15, 0.2) is 66.7 Å². The molecule has 1 nitrogen and oxygen atoms in total. The molecule has 0 aliphatic heterocycles. The minimum Gasteiger partial charge on any atom is -0.491 e. The van der Waals surface area contributed by atoms with Gasteiger partial charge in [0.1, 0.15) is 0 Å². The van der Waals surface area contributed by atoms with Gasteiger partial charge in [-0.25, -0.2) is 13.2 Å². The summed E-state index contributed by atoms with van der Waals surface area (Å²) >= 11 is 0. The zero-order valence-electron chi connectivity index (χ0n) is 17.9. The predicted molar refractivity (Wildman–Crippen MR) is 121 cm³/mol. The second-order valence-corrected chi connectivity index (χ2v) is 7.30. The van der Waals surface area contributed by atoms with Gasteiger partial charge in [-0.2, -0.15) is 0 Å². The number of halogens is 3. The molecular weight excluding hydrogens is 397 g/mol. The maximum atomic E-state index is 14.3. The van der Waals surface area contributed by atoms with E-state index in [1.54, 1.807) is 19.1 Å². The molecule has 162 valence electrons. The molecule has 0 radical (unpaired) electrons. The number of rotatable bonds is 9. The zero-order chi connectivity index (χ0) is 22.2. The molecule has 0 bridgehead atoms. The predicted octanol–water partition coefficient (Wildman–Crippen LogP) is 8.04. The normalized spacial score (nSPS) is 11.4. The van der Waals surface area contributed by atoms with Crippen LogP contribution in [0.5, 0.6) is 5.75 Å². The molecule has 4 heteroatoms. The Labute approximate surface area is 182 Å². The molecule has 0 aliphatic rings. The molecule has 0 saturated carbocycles. The first-order valence-corrected chi connectivity index (χ1v) is 10.6. The molecule has 0 aliphatic carbocycles. The van der Waals surface area contributed by atoms with E-state index in [1.165, 1.54) is 23.3 Å². The summed E-state index contributed by atoms with van der Waals surface area (Å²) in [5.41, 5.74) is 4.39. The van der Waals surface area contributed by atoms with Crippen molar-refractivity contribution >= 4 is 6.08 Å². The van der Waals surface area contributed by atoms with Crippen LogP contribution < -0.4 is 4.74 Å². The summed E-state index contributed by atoms with van der Waals surface area (Å²) in [4.78, 5) is 0. The first-order chi connectivity index (χ1) is 15.0. The highest BCUT2D eigenvalue weighted by Crippen LogP contribution is 2.32. The van der Waals surface area contributed by atoms with E-state index in [2.05, 4.69) is 55.5 Å². The van der Waals surface area contributed by atoms with E-state index in [9.17, 15) is 13.2 Å². The van der Waals surface area contributed by atoms with Gasteiger partial charge in [-0.15, -0.1) is 0 Å². The summed E-state index contributed by atoms with van der Waals surface area (Å²) in [5.74, 6) is -1.12. The number of aryl methyl sites for hydroxylation is 2. The third-order valence-electron chi connectivity index (χ3n) is 5.24. The molecule has 3 rings (SSSR count). The monoisotopic (exact) mass is 424 g/mol. The molecule has 0 spiro atoms. The molecule has 0 amide bonds. The Bertz CT molecular complexity index is 1010. The molecule has 3 aromatic carbocycles. The average molecular weight is 425 g/mol. The van der Waals surface area contributed by atoms with Crippen molar-refractivity contribution < 1.29 is 17.9 Å². The molecule has 0 unspecified atom stereocenters. The number of alkyl halides is 2. The molecular formula is C27H27F3O. The summed E-state index contributed by atoms with van der Waals surface area (Å²) < 4.78 is 46.2. The molecule has 0 fully saturated rings. The number of benzene rings is 3. The zero-order valence-corrected chi connectivity index (χ0v) is 17.9. The van der Waals surface area contributed by atoms with Crippen molar-refractivity contribution in [2.75, 3.05) is 6.61 Å². The van der Waals surface area contributed by atoms with Crippen LogP contribution in [0.3, 0.4) is 0 Å². The van der Waals surface area contributed by atoms with Gasteiger partial charge in [0.25, 0.3) is 6.43 Å². The van der Waals surface area contributed by atoms with E-state index in [0.29, 0.717) is 6.42 Å². The van der Waals surface area contributed by atoms with Crippen molar-refractivity contribution in [2.45, 2.75) is 39.5 Å². The van der Waals surface area contributed by atoms with E-state index in [0.717, 1.165) is 24.0 Å². The van der Waals surface area contributed by atoms with Crippen LogP contribution in [-0.2, 0) is 12.8 Å². The van der Waals surface area contributed by atoms with Crippen molar-refractivity contribution in [3.8, 4) is 16.9 Å². The Hall–Kier alpha value is -3.01. The highest BCUT2D eigenvalue weighted by molar-refractivity contribution is 5.64. The first-order valence-electron chi connectivity index (χ1n) is 10.6. The lowest BCUT2D eigenvalue weighted by Crippen LogP contribution is -2.01. The third kappa shape index (κ3) is 5.78. The summed E-state index contributed by atoms with van der Waals surface area (Å²) in [6, 6.07) is 19.8. The Kier molecular flexibility index (Phi) is 7.94. The largest absolute Gasteiger partial charge is 0.491 e. The van der Waals surface area contributed by atoms with E-state index < -0.39 is 17.8 Å². The number of hydrogen-bond acceptors (Lipinski definition) is 1. The van der Waals surface area contributed by atoms with Crippen LogP contribution in [0.2, 0.25) is 0 Å². The fraction of sp³-hybridized carbons (Fsp3) is 0.259. The van der Waals surface area contributed by atoms with Crippen LogP contribution in [0.1, 0.15) is 48.9 Å². The van der Waals surface area contributed by atoms with Crippen LogP contribution in [0.4, 0.5) is 13.2 Å². The SMILES string of the molecule is CCOc1ccc(/C=C/CCc2ccc(-c3ccc(CC)cc3)cc2)c(C(F)F)c1F. The molecule has 0 N–H and O–H groups in total. The number of hydrogen-bond donors (Lipinski definition) is 0. The first kappa shape index (κ1) is 22.7. The molecule has 0 heterocycles. The maximum absolute atomic E-state index is 14.3. The van der Waals surface area contributed by atoms with Crippen molar-refractivity contribution in [1.82, 2.24) is 0 Å². The van der Waals surface area contributed by atoms with Crippen LogP contribution in [-0.4, -0.2) is 6.61 Å². The van der Waals surface area contributed by atoms with Gasteiger partial charge in [0.15, 0.2) is 11.6 Å². The molecule has 3 aromatic rings. The fourth-order valence-electron chi connectivity index (χ4n) is 3.48. The van der Waals surface area contributed by atoms with E-state index in [4.69, 9.17) is 4.74 Å². The Morgan fingerprint density at radius 3 is 2.00 bits per heavy atom. The van der Waals surface area contributed by atoms with Gasteiger partial charge in [0.05, 0.1) is 12.2 Å². The number of allylic oxidation sites excluding steroid dienone is 1. The lowest BCUT2D eigenvalue weighted by Gasteiger charge is -2.11. The van der Waals surface area contributed by atoms with E-state index in [-0.39, 0.29) is 17.9 Å². The highest BCUT2D eigenvalue weighted by Gasteiger charge is 2.20. The summed E-state index contributed by atoms with van der Waals surface area (Å²) in [5, 5.41) is 0. The molecule has 0 saturated heterocycles. The second-order valence-electron chi connectivity index (χ2n) is 7.30. The van der Waals surface area contributed by atoms with Gasteiger partial charge >= 0.3 is 0 Å². The molecule has 0 aromatic heterocycles.